The molecule has 6 heteroatoms. The smallest absolute Gasteiger partial charge is 0.261 e. The second-order valence-electron chi connectivity index (χ2n) is 9.02. The highest BCUT2D eigenvalue weighted by Crippen LogP contribution is 2.35. The molecule has 1 saturated heterocycles. The van der Waals surface area contributed by atoms with Gasteiger partial charge in [0.05, 0.1) is 30.9 Å². The van der Waals surface area contributed by atoms with Gasteiger partial charge in [-0.25, -0.2) is 0 Å². The molecule has 6 nitrogen and oxygen atoms in total. The van der Waals surface area contributed by atoms with E-state index in [4.69, 9.17) is 9.47 Å². The van der Waals surface area contributed by atoms with Crippen LogP contribution in [0.5, 0.6) is 11.5 Å². The normalized spacial score (nSPS) is 18.4. The summed E-state index contributed by atoms with van der Waals surface area (Å²) in [7, 11) is 1.61. The molecular formula is C30H28N2O4. The maximum Gasteiger partial charge on any atom is 0.261 e. The highest BCUT2D eigenvalue weighted by Gasteiger charge is 2.38. The number of likely N-dealkylation sites (tertiary alicyclic amines) is 1. The molecule has 5 rings (SSSR count). The van der Waals surface area contributed by atoms with Gasteiger partial charge < -0.3 is 9.47 Å². The van der Waals surface area contributed by atoms with Gasteiger partial charge in [-0.3, -0.25) is 19.5 Å². The van der Waals surface area contributed by atoms with E-state index in [2.05, 4.69) is 4.98 Å². The molecule has 36 heavy (non-hydrogen) atoms. The Balaban J connectivity index is 1.50. The highest BCUT2D eigenvalue weighted by atomic mass is 16.5. The number of nitrogens with zero attached hydrogens (tertiary/aromatic N) is 2. The number of rotatable bonds is 7. The van der Waals surface area contributed by atoms with Gasteiger partial charge >= 0.3 is 0 Å². The van der Waals surface area contributed by atoms with E-state index in [1.54, 1.807) is 37.7 Å². The van der Waals surface area contributed by atoms with Crippen molar-refractivity contribution >= 4 is 24.0 Å². The number of methoxy groups -OCH3 is 1. The van der Waals surface area contributed by atoms with Gasteiger partial charge in [0, 0.05) is 12.4 Å². The van der Waals surface area contributed by atoms with Crippen LogP contribution in [0.1, 0.15) is 42.4 Å². The molecule has 1 aliphatic carbocycles. The van der Waals surface area contributed by atoms with Gasteiger partial charge in [0.2, 0.25) is 0 Å². The second kappa shape index (κ2) is 10.6. The van der Waals surface area contributed by atoms with E-state index in [0.29, 0.717) is 22.6 Å². The Morgan fingerprint density at radius 2 is 1.61 bits per heavy atom. The molecular weight excluding hydrogens is 452 g/mol. The van der Waals surface area contributed by atoms with Crippen molar-refractivity contribution < 1.29 is 19.1 Å². The Morgan fingerprint density at radius 3 is 2.28 bits per heavy atom. The van der Waals surface area contributed by atoms with Crippen molar-refractivity contribution in [2.24, 2.45) is 0 Å². The predicted octanol–water partition coefficient (Wildman–Crippen LogP) is 5.45. The summed E-state index contributed by atoms with van der Waals surface area (Å²) in [5, 5.41) is 0. The van der Waals surface area contributed by atoms with E-state index in [-0.39, 0.29) is 24.5 Å². The summed E-state index contributed by atoms with van der Waals surface area (Å²) in [4.78, 5) is 32.3. The van der Waals surface area contributed by atoms with Crippen LogP contribution in [0.25, 0.3) is 12.2 Å². The van der Waals surface area contributed by atoms with Crippen LogP contribution in [-0.4, -0.2) is 34.9 Å². The van der Waals surface area contributed by atoms with Gasteiger partial charge in [-0.05, 0) is 72.7 Å². The van der Waals surface area contributed by atoms with Crippen LogP contribution in [0.2, 0.25) is 0 Å². The van der Waals surface area contributed by atoms with Crippen LogP contribution in [0.4, 0.5) is 0 Å². The SMILES string of the molecule is COc1cc(/C=C2\C(=O)N(Cc3cccnc3)C(=O)\C2=C/c2ccccc2)ccc1OC1CCCC1. The fourth-order valence-corrected chi connectivity index (χ4v) is 4.65. The second-order valence-corrected chi connectivity index (χ2v) is 9.02. The lowest BCUT2D eigenvalue weighted by atomic mass is 10.0. The molecule has 2 amide bonds. The maximum atomic E-state index is 13.5. The standard InChI is InChI=1S/C30H28N2O4/c1-35-28-18-22(13-14-27(28)36-24-11-5-6-12-24)17-26-25(16-21-8-3-2-4-9-21)29(33)32(30(26)34)20-23-10-7-15-31-19-23/h2-4,7-10,13-19,24H,5-6,11-12,20H2,1H3/b25-16-,26-17-. The van der Waals surface area contributed by atoms with E-state index in [1.165, 1.54) is 17.7 Å². The summed E-state index contributed by atoms with van der Waals surface area (Å²) in [6, 6.07) is 18.8. The maximum absolute atomic E-state index is 13.5. The molecule has 2 heterocycles. The van der Waals surface area contributed by atoms with Gasteiger partial charge in [0.1, 0.15) is 0 Å². The minimum Gasteiger partial charge on any atom is -0.493 e. The molecule has 182 valence electrons. The van der Waals surface area contributed by atoms with Gasteiger partial charge in [0.25, 0.3) is 11.8 Å². The Bertz CT molecular complexity index is 1310. The van der Waals surface area contributed by atoms with Crippen molar-refractivity contribution in [3.05, 3.63) is 101 Å². The molecule has 1 aromatic heterocycles. The summed E-state index contributed by atoms with van der Waals surface area (Å²) in [6.45, 7) is 0.159. The summed E-state index contributed by atoms with van der Waals surface area (Å²) in [5.41, 5.74) is 3.10. The van der Waals surface area contributed by atoms with Gasteiger partial charge in [-0.15, -0.1) is 0 Å². The number of pyridine rings is 1. The number of imide groups is 1. The molecule has 2 aliphatic rings. The fourth-order valence-electron chi connectivity index (χ4n) is 4.65. The minimum atomic E-state index is -0.337. The van der Waals surface area contributed by atoms with E-state index < -0.39 is 0 Å². The number of ether oxygens (including phenoxy) is 2. The van der Waals surface area contributed by atoms with E-state index in [1.807, 2.05) is 54.6 Å². The average Bonchev–Trinajstić information content (AvgIpc) is 3.50. The van der Waals surface area contributed by atoms with Crippen LogP contribution in [-0.2, 0) is 16.1 Å². The molecule has 0 spiro atoms. The number of benzene rings is 2. The van der Waals surface area contributed by atoms with Crippen LogP contribution < -0.4 is 9.47 Å². The summed E-state index contributed by atoms with van der Waals surface area (Å²) in [6.07, 6.45) is 11.5. The summed E-state index contributed by atoms with van der Waals surface area (Å²) < 4.78 is 11.7. The molecule has 2 fully saturated rings. The van der Waals surface area contributed by atoms with Crippen LogP contribution in [0, 0.1) is 0 Å². The summed E-state index contributed by atoms with van der Waals surface area (Å²) in [5.74, 6) is 0.635. The van der Waals surface area contributed by atoms with Gasteiger partial charge in [-0.2, -0.15) is 0 Å². The lowest BCUT2D eigenvalue weighted by molar-refractivity contribution is -0.137. The minimum absolute atomic E-state index is 0.159. The first-order valence-corrected chi connectivity index (χ1v) is 12.2. The Labute approximate surface area is 210 Å². The molecule has 0 atom stereocenters. The lowest BCUT2D eigenvalue weighted by Gasteiger charge is -2.16. The lowest BCUT2D eigenvalue weighted by Crippen LogP contribution is -2.29. The first-order chi connectivity index (χ1) is 17.6. The van der Waals surface area contributed by atoms with Crippen LogP contribution in [0.3, 0.4) is 0 Å². The highest BCUT2D eigenvalue weighted by molar-refractivity contribution is 6.28. The quantitative estimate of drug-likeness (QED) is 0.332. The largest absolute Gasteiger partial charge is 0.493 e. The third kappa shape index (κ3) is 5.08. The van der Waals surface area contributed by atoms with Crippen molar-refractivity contribution in [3.63, 3.8) is 0 Å². The van der Waals surface area contributed by atoms with Crippen molar-refractivity contribution in [3.8, 4) is 11.5 Å². The molecule has 0 bridgehead atoms. The molecule has 1 saturated carbocycles. The van der Waals surface area contributed by atoms with Crippen molar-refractivity contribution in [1.29, 1.82) is 0 Å². The number of carbonyl (C=O) groups is 2. The predicted molar refractivity (Wildman–Crippen MR) is 138 cm³/mol. The monoisotopic (exact) mass is 480 g/mol. The van der Waals surface area contributed by atoms with Crippen molar-refractivity contribution in [2.45, 2.75) is 38.3 Å². The molecule has 3 aromatic rings. The van der Waals surface area contributed by atoms with Crippen molar-refractivity contribution in [1.82, 2.24) is 9.88 Å². The number of hydrogen-bond donors (Lipinski definition) is 0. The average molecular weight is 481 g/mol. The third-order valence-electron chi connectivity index (χ3n) is 6.51. The third-order valence-corrected chi connectivity index (χ3v) is 6.51. The molecule has 2 aromatic carbocycles. The topological polar surface area (TPSA) is 68.7 Å². The zero-order valence-corrected chi connectivity index (χ0v) is 20.2. The van der Waals surface area contributed by atoms with Gasteiger partial charge in [0.15, 0.2) is 11.5 Å². The molecule has 1 aliphatic heterocycles. The molecule has 0 N–H and O–H groups in total. The van der Waals surface area contributed by atoms with E-state index >= 15 is 0 Å². The number of amides is 2. The van der Waals surface area contributed by atoms with Crippen LogP contribution >= 0.6 is 0 Å². The van der Waals surface area contributed by atoms with Gasteiger partial charge in [-0.1, -0.05) is 42.5 Å². The first-order valence-electron chi connectivity index (χ1n) is 12.2. The van der Waals surface area contributed by atoms with Crippen molar-refractivity contribution in [2.75, 3.05) is 7.11 Å². The zero-order valence-electron chi connectivity index (χ0n) is 20.2. The molecule has 0 radical (unpaired) electrons. The Morgan fingerprint density at radius 1 is 0.889 bits per heavy atom. The van der Waals surface area contributed by atoms with E-state index in [0.717, 1.165) is 29.5 Å². The van der Waals surface area contributed by atoms with Crippen LogP contribution in [0.15, 0.2) is 84.2 Å². The molecule has 0 unspecified atom stereocenters. The number of aromatic nitrogens is 1. The fraction of sp³-hybridized carbons (Fsp3) is 0.233. The first kappa shape index (κ1) is 23.5. The Kier molecular flexibility index (Phi) is 6.94. The number of carbonyl (C=O) groups excluding carboxylic acids is 2. The number of hydrogen-bond acceptors (Lipinski definition) is 5. The zero-order chi connectivity index (χ0) is 24.9. The summed E-state index contributed by atoms with van der Waals surface area (Å²) >= 11 is 0. The Hall–Kier alpha value is -4.19. The van der Waals surface area contributed by atoms with E-state index in [9.17, 15) is 9.59 Å².